The molecule has 0 aliphatic carbocycles. The molecule has 0 saturated carbocycles. The lowest BCUT2D eigenvalue weighted by Crippen LogP contribution is -2.36. The average molecular weight is 263 g/mol. The Morgan fingerprint density at radius 1 is 1.47 bits per heavy atom. The molecule has 0 spiro atoms. The van der Waals surface area contributed by atoms with E-state index >= 15 is 0 Å². The lowest BCUT2D eigenvalue weighted by Gasteiger charge is -2.32. The SMILES string of the molecule is C[C@@H](O)c1ccnc(N(C)CC2CCN(C)CC2)c1. The maximum absolute atomic E-state index is 9.63. The third-order valence-electron chi connectivity index (χ3n) is 4.01. The molecule has 1 N–H and O–H groups in total. The first-order chi connectivity index (χ1) is 9.06. The van der Waals surface area contributed by atoms with Crippen molar-refractivity contribution in [2.24, 2.45) is 5.92 Å². The summed E-state index contributed by atoms with van der Waals surface area (Å²) >= 11 is 0. The molecular formula is C15H25N3O. The molecule has 1 fully saturated rings. The number of pyridine rings is 1. The van der Waals surface area contributed by atoms with E-state index < -0.39 is 6.10 Å². The van der Waals surface area contributed by atoms with E-state index in [1.807, 2.05) is 12.1 Å². The van der Waals surface area contributed by atoms with Gasteiger partial charge in [0.1, 0.15) is 5.82 Å². The summed E-state index contributed by atoms with van der Waals surface area (Å²) < 4.78 is 0. The predicted octanol–water partition coefficient (Wildman–Crippen LogP) is 1.91. The normalized spacial score (nSPS) is 19.4. The first-order valence-corrected chi connectivity index (χ1v) is 7.10. The van der Waals surface area contributed by atoms with Crippen LogP contribution in [0.5, 0.6) is 0 Å². The Balaban J connectivity index is 1.95. The maximum Gasteiger partial charge on any atom is 0.128 e. The van der Waals surface area contributed by atoms with Crippen LogP contribution in [0.2, 0.25) is 0 Å². The van der Waals surface area contributed by atoms with Crippen molar-refractivity contribution in [2.45, 2.75) is 25.9 Å². The number of likely N-dealkylation sites (tertiary alicyclic amines) is 1. The maximum atomic E-state index is 9.63. The zero-order valence-electron chi connectivity index (χ0n) is 12.2. The van der Waals surface area contributed by atoms with Crippen LogP contribution in [0.15, 0.2) is 18.3 Å². The van der Waals surface area contributed by atoms with Crippen LogP contribution in [0.1, 0.15) is 31.4 Å². The topological polar surface area (TPSA) is 39.6 Å². The molecule has 2 heterocycles. The van der Waals surface area contributed by atoms with Gasteiger partial charge in [-0.25, -0.2) is 4.98 Å². The fourth-order valence-electron chi connectivity index (χ4n) is 2.63. The van der Waals surface area contributed by atoms with Gasteiger partial charge in [0.25, 0.3) is 0 Å². The summed E-state index contributed by atoms with van der Waals surface area (Å²) in [6, 6.07) is 3.86. The second-order valence-corrected chi connectivity index (χ2v) is 5.75. The molecule has 0 bridgehead atoms. The minimum atomic E-state index is -0.432. The van der Waals surface area contributed by atoms with E-state index in [2.05, 4.69) is 28.9 Å². The van der Waals surface area contributed by atoms with Gasteiger partial charge in [-0.3, -0.25) is 0 Å². The van der Waals surface area contributed by atoms with Gasteiger partial charge in [-0.05, 0) is 63.5 Å². The van der Waals surface area contributed by atoms with Crippen molar-refractivity contribution in [3.8, 4) is 0 Å². The van der Waals surface area contributed by atoms with Crippen LogP contribution in [0.25, 0.3) is 0 Å². The van der Waals surface area contributed by atoms with E-state index in [-0.39, 0.29) is 0 Å². The van der Waals surface area contributed by atoms with Gasteiger partial charge in [-0.2, -0.15) is 0 Å². The zero-order chi connectivity index (χ0) is 13.8. The van der Waals surface area contributed by atoms with Crippen molar-refractivity contribution < 1.29 is 5.11 Å². The van der Waals surface area contributed by atoms with Crippen LogP contribution in [0, 0.1) is 5.92 Å². The highest BCUT2D eigenvalue weighted by molar-refractivity contribution is 5.40. The number of hydrogen-bond acceptors (Lipinski definition) is 4. The number of hydrogen-bond donors (Lipinski definition) is 1. The fraction of sp³-hybridized carbons (Fsp3) is 0.667. The first kappa shape index (κ1) is 14.3. The van der Waals surface area contributed by atoms with Crippen LogP contribution in [0.4, 0.5) is 5.82 Å². The summed E-state index contributed by atoms with van der Waals surface area (Å²) in [6.45, 7) is 5.22. The molecule has 1 aromatic rings. The molecule has 0 radical (unpaired) electrons. The van der Waals surface area contributed by atoms with Crippen LogP contribution < -0.4 is 4.90 Å². The molecule has 1 aromatic heterocycles. The molecule has 1 atom stereocenters. The Labute approximate surface area is 116 Å². The molecular weight excluding hydrogens is 238 g/mol. The van der Waals surface area contributed by atoms with Crippen molar-refractivity contribution in [2.75, 3.05) is 38.6 Å². The van der Waals surface area contributed by atoms with E-state index in [1.165, 1.54) is 25.9 Å². The Morgan fingerprint density at radius 2 is 2.16 bits per heavy atom. The highest BCUT2D eigenvalue weighted by Crippen LogP contribution is 2.21. The number of aliphatic hydroxyl groups is 1. The molecule has 4 nitrogen and oxygen atoms in total. The number of aromatic nitrogens is 1. The minimum absolute atomic E-state index is 0.432. The summed E-state index contributed by atoms with van der Waals surface area (Å²) in [6.07, 6.45) is 3.87. The highest BCUT2D eigenvalue weighted by atomic mass is 16.3. The standard InChI is InChI=1S/C15H25N3O/c1-12(19)14-4-7-16-15(10-14)18(3)11-13-5-8-17(2)9-6-13/h4,7,10,12-13,19H,5-6,8-9,11H2,1-3H3/t12-/m1/s1. The Hall–Kier alpha value is -1.13. The number of aliphatic hydroxyl groups excluding tert-OH is 1. The first-order valence-electron chi connectivity index (χ1n) is 7.10. The van der Waals surface area contributed by atoms with E-state index in [4.69, 9.17) is 0 Å². The largest absolute Gasteiger partial charge is 0.389 e. The van der Waals surface area contributed by atoms with Crippen molar-refractivity contribution >= 4 is 5.82 Å². The molecule has 1 aliphatic heterocycles. The summed E-state index contributed by atoms with van der Waals surface area (Å²) in [5.41, 5.74) is 0.931. The second kappa shape index (κ2) is 6.35. The van der Waals surface area contributed by atoms with Crippen molar-refractivity contribution in [1.82, 2.24) is 9.88 Å². The second-order valence-electron chi connectivity index (χ2n) is 5.75. The van der Waals surface area contributed by atoms with E-state index in [0.29, 0.717) is 0 Å². The Bertz CT molecular complexity index is 400. The molecule has 1 aliphatic rings. The number of piperidine rings is 1. The third-order valence-corrected chi connectivity index (χ3v) is 4.01. The monoisotopic (exact) mass is 263 g/mol. The van der Waals surface area contributed by atoms with E-state index in [0.717, 1.165) is 23.8 Å². The van der Waals surface area contributed by atoms with Crippen molar-refractivity contribution in [1.29, 1.82) is 0 Å². The quantitative estimate of drug-likeness (QED) is 0.901. The summed E-state index contributed by atoms with van der Waals surface area (Å²) in [4.78, 5) is 9.01. The van der Waals surface area contributed by atoms with Gasteiger partial charge in [-0.1, -0.05) is 0 Å². The van der Waals surface area contributed by atoms with E-state index in [1.54, 1.807) is 13.1 Å². The number of nitrogens with zero attached hydrogens (tertiary/aromatic N) is 3. The van der Waals surface area contributed by atoms with Gasteiger partial charge in [0.15, 0.2) is 0 Å². The smallest absolute Gasteiger partial charge is 0.128 e. The molecule has 1 saturated heterocycles. The van der Waals surface area contributed by atoms with Crippen LogP contribution in [-0.4, -0.2) is 48.7 Å². The summed E-state index contributed by atoms with van der Waals surface area (Å²) in [7, 11) is 4.28. The van der Waals surface area contributed by atoms with Crippen molar-refractivity contribution in [3.63, 3.8) is 0 Å². The number of anilines is 1. The summed E-state index contributed by atoms with van der Waals surface area (Å²) in [5.74, 6) is 1.70. The molecule has 19 heavy (non-hydrogen) atoms. The summed E-state index contributed by atoms with van der Waals surface area (Å²) in [5, 5.41) is 9.63. The lowest BCUT2D eigenvalue weighted by atomic mass is 9.96. The van der Waals surface area contributed by atoms with Crippen molar-refractivity contribution in [3.05, 3.63) is 23.9 Å². The van der Waals surface area contributed by atoms with Crippen LogP contribution in [0.3, 0.4) is 0 Å². The molecule has 0 amide bonds. The number of rotatable bonds is 4. The molecule has 0 aromatic carbocycles. The van der Waals surface area contributed by atoms with Crippen LogP contribution >= 0.6 is 0 Å². The van der Waals surface area contributed by atoms with E-state index in [9.17, 15) is 5.11 Å². The third kappa shape index (κ3) is 3.91. The van der Waals surface area contributed by atoms with Gasteiger partial charge in [-0.15, -0.1) is 0 Å². The predicted molar refractivity (Wildman–Crippen MR) is 78.4 cm³/mol. The van der Waals surface area contributed by atoms with Gasteiger partial charge in [0.05, 0.1) is 6.10 Å². The average Bonchev–Trinajstić information content (AvgIpc) is 2.41. The van der Waals surface area contributed by atoms with Gasteiger partial charge in [0.2, 0.25) is 0 Å². The lowest BCUT2D eigenvalue weighted by molar-refractivity contribution is 0.199. The molecule has 0 unspecified atom stereocenters. The Kier molecular flexibility index (Phi) is 4.77. The molecule has 4 heteroatoms. The highest BCUT2D eigenvalue weighted by Gasteiger charge is 2.18. The zero-order valence-corrected chi connectivity index (χ0v) is 12.2. The minimum Gasteiger partial charge on any atom is -0.389 e. The van der Waals surface area contributed by atoms with Gasteiger partial charge >= 0.3 is 0 Å². The van der Waals surface area contributed by atoms with Gasteiger partial charge in [0, 0.05) is 19.8 Å². The Morgan fingerprint density at radius 3 is 2.79 bits per heavy atom. The van der Waals surface area contributed by atoms with Crippen LogP contribution in [-0.2, 0) is 0 Å². The van der Waals surface area contributed by atoms with Gasteiger partial charge < -0.3 is 14.9 Å². The molecule has 2 rings (SSSR count). The molecule has 106 valence electrons. The fourth-order valence-corrected chi connectivity index (χ4v) is 2.63.